The Morgan fingerprint density at radius 3 is 2.82 bits per heavy atom. The normalized spacial score (nSPS) is 12.4. The molecule has 17 heavy (non-hydrogen) atoms. The average molecular weight is 247 g/mol. The molecule has 3 heteroatoms. The third-order valence-corrected chi connectivity index (χ3v) is 3.46. The van der Waals surface area contributed by atoms with Crippen LogP contribution in [0.2, 0.25) is 0 Å². The second-order valence-electron chi connectivity index (χ2n) is 3.97. The summed E-state index contributed by atoms with van der Waals surface area (Å²) in [5.74, 6) is 0.896. The molecule has 2 nitrogen and oxygen atoms in total. The quantitative estimate of drug-likeness (QED) is 0.873. The molecule has 0 aliphatic carbocycles. The van der Waals surface area contributed by atoms with Crippen LogP contribution in [0.25, 0.3) is 0 Å². The summed E-state index contributed by atoms with van der Waals surface area (Å²) < 4.78 is 5.83. The highest BCUT2D eigenvalue weighted by atomic mass is 32.1. The Balaban J connectivity index is 2.09. The number of nitrogens with two attached hydrogens (primary N) is 1. The summed E-state index contributed by atoms with van der Waals surface area (Å²) in [7, 11) is 0. The number of para-hydroxylation sites is 1. The van der Waals surface area contributed by atoms with Gasteiger partial charge in [0.1, 0.15) is 12.4 Å². The number of hydrogen-bond acceptors (Lipinski definition) is 3. The molecule has 0 aliphatic heterocycles. The standard InChI is InChI=1S/C14H17NOS/c1-2-13(15)12-5-3-4-6-14(12)16-9-11-7-8-17-10-11/h3-8,10,13H,2,9,15H2,1H3. The second kappa shape index (κ2) is 5.84. The summed E-state index contributed by atoms with van der Waals surface area (Å²) in [5.41, 5.74) is 8.36. The van der Waals surface area contributed by atoms with Crippen molar-refractivity contribution in [1.29, 1.82) is 0 Å². The Morgan fingerprint density at radius 1 is 1.29 bits per heavy atom. The smallest absolute Gasteiger partial charge is 0.124 e. The van der Waals surface area contributed by atoms with Crippen LogP contribution >= 0.6 is 11.3 Å². The van der Waals surface area contributed by atoms with E-state index in [1.165, 1.54) is 5.56 Å². The van der Waals surface area contributed by atoms with Crippen LogP contribution in [-0.2, 0) is 6.61 Å². The molecule has 0 radical (unpaired) electrons. The Kier molecular flexibility index (Phi) is 4.18. The zero-order valence-electron chi connectivity index (χ0n) is 9.93. The fraction of sp³-hybridized carbons (Fsp3) is 0.286. The van der Waals surface area contributed by atoms with Crippen LogP contribution in [-0.4, -0.2) is 0 Å². The number of hydrogen-bond donors (Lipinski definition) is 1. The molecular weight excluding hydrogens is 230 g/mol. The first kappa shape index (κ1) is 12.1. The van der Waals surface area contributed by atoms with Gasteiger partial charge in [0.2, 0.25) is 0 Å². The lowest BCUT2D eigenvalue weighted by molar-refractivity contribution is 0.301. The molecule has 0 saturated heterocycles. The molecule has 0 saturated carbocycles. The minimum atomic E-state index is 0.0497. The van der Waals surface area contributed by atoms with Gasteiger partial charge >= 0.3 is 0 Å². The molecule has 90 valence electrons. The maximum absolute atomic E-state index is 6.07. The van der Waals surface area contributed by atoms with Crippen LogP contribution in [0.5, 0.6) is 5.75 Å². The minimum Gasteiger partial charge on any atom is -0.489 e. The van der Waals surface area contributed by atoms with E-state index in [9.17, 15) is 0 Å². The van der Waals surface area contributed by atoms with Crippen molar-refractivity contribution in [3.05, 3.63) is 52.2 Å². The van der Waals surface area contributed by atoms with Crippen LogP contribution in [0.3, 0.4) is 0 Å². The van der Waals surface area contributed by atoms with Gasteiger partial charge in [0.25, 0.3) is 0 Å². The molecule has 0 bridgehead atoms. The van der Waals surface area contributed by atoms with Crippen LogP contribution in [0.1, 0.15) is 30.5 Å². The lowest BCUT2D eigenvalue weighted by Gasteiger charge is -2.15. The molecule has 2 aromatic rings. The average Bonchev–Trinajstić information content (AvgIpc) is 2.89. The van der Waals surface area contributed by atoms with Crippen LogP contribution in [0.15, 0.2) is 41.1 Å². The van der Waals surface area contributed by atoms with Gasteiger partial charge in [-0.25, -0.2) is 0 Å². The summed E-state index contributed by atoms with van der Waals surface area (Å²) in [6.45, 7) is 2.69. The largest absolute Gasteiger partial charge is 0.489 e. The molecule has 0 aliphatic rings. The molecule has 2 rings (SSSR count). The fourth-order valence-electron chi connectivity index (χ4n) is 1.67. The fourth-order valence-corrected chi connectivity index (χ4v) is 2.33. The molecular formula is C14H17NOS. The number of benzene rings is 1. The highest BCUT2D eigenvalue weighted by Crippen LogP contribution is 2.26. The first-order valence-corrected chi connectivity index (χ1v) is 6.74. The molecule has 0 amide bonds. The van der Waals surface area contributed by atoms with Gasteiger partial charge < -0.3 is 10.5 Å². The Morgan fingerprint density at radius 2 is 2.12 bits per heavy atom. The van der Waals surface area contributed by atoms with Gasteiger partial charge in [-0.3, -0.25) is 0 Å². The zero-order chi connectivity index (χ0) is 12.1. The Bertz CT molecular complexity index is 453. The van der Waals surface area contributed by atoms with Crippen molar-refractivity contribution >= 4 is 11.3 Å². The summed E-state index contributed by atoms with van der Waals surface area (Å²) in [6.07, 6.45) is 0.916. The van der Waals surface area contributed by atoms with Gasteiger partial charge in [-0.05, 0) is 34.9 Å². The SMILES string of the molecule is CCC(N)c1ccccc1OCc1ccsc1. The number of rotatable bonds is 5. The summed E-state index contributed by atoms with van der Waals surface area (Å²) in [6, 6.07) is 10.1. The number of thiophene rings is 1. The van der Waals surface area contributed by atoms with Crippen molar-refractivity contribution in [3.63, 3.8) is 0 Å². The predicted molar refractivity (Wildman–Crippen MR) is 72.3 cm³/mol. The van der Waals surface area contributed by atoms with E-state index in [0.29, 0.717) is 6.61 Å². The third-order valence-electron chi connectivity index (χ3n) is 2.73. The maximum atomic E-state index is 6.07. The van der Waals surface area contributed by atoms with E-state index in [0.717, 1.165) is 17.7 Å². The molecule has 1 aromatic heterocycles. The molecule has 2 N–H and O–H groups in total. The van der Waals surface area contributed by atoms with Crippen molar-refractivity contribution in [2.45, 2.75) is 26.0 Å². The van der Waals surface area contributed by atoms with Crippen molar-refractivity contribution in [3.8, 4) is 5.75 Å². The second-order valence-corrected chi connectivity index (χ2v) is 4.75. The summed E-state index contributed by atoms with van der Waals surface area (Å²) >= 11 is 1.69. The molecule has 1 atom stereocenters. The predicted octanol–water partition coefficient (Wildman–Crippen LogP) is 3.74. The summed E-state index contributed by atoms with van der Waals surface area (Å²) in [4.78, 5) is 0. The highest BCUT2D eigenvalue weighted by Gasteiger charge is 2.09. The topological polar surface area (TPSA) is 35.2 Å². The molecule has 1 heterocycles. The van der Waals surface area contributed by atoms with Crippen LogP contribution in [0, 0.1) is 0 Å². The van der Waals surface area contributed by atoms with Crippen molar-refractivity contribution in [2.75, 3.05) is 0 Å². The van der Waals surface area contributed by atoms with Gasteiger partial charge in [-0.1, -0.05) is 25.1 Å². The molecule has 0 spiro atoms. The van der Waals surface area contributed by atoms with Gasteiger partial charge in [0.15, 0.2) is 0 Å². The van der Waals surface area contributed by atoms with E-state index in [-0.39, 0.29) is 6.04 Å². The lowest BCUT2D eigenvalue weighted by atomic mass is 10.0. The van der Waals surface area contributed by atoms with E-state index >= 15 is 0 Å². The first-order valence-electron chi connectivity index (χ1n) is 5.79. The van der Waals surface area contributed by atoms with E-state index < -0.39 is 0 Å². The Hall–Kier alpha value is -1.32. The Labute approximate surface area is 106 Å². The third kappa shape index (κ3) is 3.08. The van der Waals surface area contributed by atoms with Gasteiger partial charge in [-0.2, -0.15) is 11.3 Å². The molecule has 0 fully saturated rings. The minimum absolute atomic E-state index is 0.0497. The highest BCUT2D eigenvalue weighted by molar-refractivity contribution is 7.07. The van der Waals surface area contributed by atoms with Crippen molar-refractivity contribution < 1.29 is 4.74 Å². The lowest BCUT2D eigenvalue weighted by Crippen LogP contribution is -2.10. The van der Waals surface area contributed by atoms with E-state index in [1.807, 2.05) is 24.3 Å². The summed E-state index contributed by atoms with van der Waals surface area (Å²) in [5, 5.41) is 4.16. The van der Waals surface area contributed by atoms with Crippen molar-refractivity contribution in [2.24, 2.45) is 5.73 Å². The molecule has 1 unspecified atom stereocenters. The maximum Gasteiger partial charge on any atom is 0.124 e. The number of ether oxygens (including phenoxy) is 1. The van der Waals surface area contributed by atoms with E-state index in [1.54, 1.807) is 11.3 Å². The monoisotopic (exact) mass is 247 g/mol. The zero-order valence-corrected chi connectivity index (χ0v) is 10.7. The van der Waals surface area contributed by atoms with Crippen LogP contribution < -0.4 is 10.5 Å². The van der Waals surface area contributed by atoms with E-state index in [4.69, 9.17) is 10.5 Å². The van der Waals surface area contributed by atoms with Gasteiger partial charge in [-0.15, -0.1) is 0 Å². The van der Waals surface area contributed by atoms with Crippen molar-refractivity contribution in [1.82, 2.24) is 0 Å². The van der Waals surface area contributed by atoms with E-state index in [2.05, 4.69) is 23.8 Å². The van der Waals surface area contributed by atoms with Crippen LogP contribution in [0.4, 0.5) is 0 Å². The van der Waals surface area contributed by atoms with Gasteiger partial charge in [0, 0.05) is 11.6 Å². The molecule has 1 aromatic carbocycles. The first-order chi connectivity index (χ1) is 8.31. The van der Waals surface area contributed by atoms with Gasteiger partial charge in [0.05, 0.1) is 0 Å².